The van der Waals surface area contributed by atoms with E-state index in [1.165, 1.54) is 31.2 Å². The molecule has 0 aliphatic carbocycles. The summed E-state index contributed by atoms with van der Waals surface area (Å²) in [5, 5.41) is 10.5. The molecule has 0 radical (unpaired) electrons. The lowest BCUT2D eigenvalue weighted by atomic mass is 10.2. The number of aliphatic imine (C=N–C) groups is 1. The molecular formula is C12H14N2O4. The smallest absolute Gasteiger partial charge is 0.309 e. The SMILES string of the molecule is CC(=O)OC(=NC(C)C)c1ccc([N+](=O)[O-])cc1. The number of hydrogen-bond acceptors (Lipinski definition) is 5. The molecule has 0 aliphatic rings. The highest BCUT2D eigenvalue weighted by Crippen LogP contribution is 2.13. The van der Waals surface area contributed by atoms with Gasteiger partial charge in [-0.1, -0.05) is 0 Å². The third-order valence-electron chi connectivity index (χ3n) is 1.94. The Bertz CT molecular complexity index is 477. The number of benzene rings is 1. The average molecular weight is 250 g/mol. The molecule has 0 fully saturated rings. The topological polar surface area (TPSA) is 81.8 Å². The van der Waals surface area contributed by atoms with Crippen LogP contribution in [0.2, 0.25) is 0 Å². The Morgan fingerprint density at radius 1 is 1.33 bits per heavy atom. The molecule has 0 aromatic heterocycles. The first-order chi connectivity index (χ1) is 8.40. The van der Waals surface area contributed by atoms with E-state index < -0.39 is 10.9 Å². The monoisotopic (exact) mass is 250 g/mol. The highest BCUT2D eigenvalue weighted by atomic mass is 16.6. The van der Waals surface area contributed by atoms with Gasteiger partial charge in [0.25, 0.3) is 5.69 Å². The minimum absolute atomic E-state index is 0.0227. The van der Waals surface area contributed by atoms with Crippen molar-refractivity contribution in [3.8, 4) is 0 Å². The predicted octanol–water partition coefficient (Wildman–Crippen LogP) is 2.31. The summed E-state index contributed by atoms with van der Waals surface area (Å²) >= 11 is 0. The molecule has 0 heterocycles. The van der Waals surface area contributed by atoms with Crippen LogP contribution < -0.4 is 0 Å². The van der Waals surface area contributed by atoms with Gasteiger partial charge in [-0.3, -0.25) is 14.9 Å². The molecule has 6 heteroatoms. The summed E-state index contributed by atoms with van der Waals surface area (Å²) in [7, 11) is 0. The number of nitrogens with zero attached hydrogens (tertiary/aromatic N) is 2. The van der Waals surface area contributed by atoms with Crippen LogP contribution in [0.5, 0.6) is 0 Å². The van der Waals surface area contributed by atoms with Crippen LogP contribution in [0.3, 0.4) is 0 Å². The first-order valence-electron chi connectivity index (χ1n) is 5.41. The van der Waals surface area contributed by atoms with Gasteiger partial charge in [-0.2, -0.15) is 0 Å². The number of carbonyl (C=O) groups is 1. The Morgan fingerprint density at radius 2 is 1.89 bits per heavy atom. The summed E-state index contributed by atoms with van der Waals surface area (Å²) in [5.74, 6) is -0.305. The van der Waals surface area contributed by atoms with Crippen LogP contribution >= 0.6 is 0 Å². The molecule has 0 bridgehead atoms. The van der Waals surface area contributed by atoms with Gasteiger partial charge in [-0.05, 0) is 26.0 Å². The first kappa shape index (κ1) is 13.8. The first-order valence-corrected chi connectivity index (χ1v) is 5.41. The third kappa shape index (κ3) is 3.97. The summed E-state index contributed by atoms with van der Waals surface area (Å²) in [6.07, 6.45) is 0. The lowest BCUT2D eigenvalue weighted by Gasteiger charge is -2.07. The zero-order valence-electron chi connectivity index (χ0n) is 10.4. The number of ether oxygens (including phenoxy) is 1. The van der Waals surface area contributed by atoms with Crippen molar-refractivity contribution in [1.29, 1.82) is 0 Å². The summed E-state index contributed by atoms with van der Waals surface area (Å²) in [6.45, 7) is 4.96. The van der Waals surface area contributed by atoms with Crippen molar-refractivity contribution < 1.29 is 14.5 Å². The van der Waals surface area contributed by atoms with Crippen molar-refractivity contribution >= 4 is 17.6 Å². The Hall–Kier alpha value is -2.24. The Balaban J connectivity index is 3.06. The summed E-state index contributed by atoms with van der Waals surface area (Å²) in [5.41, 5.74) is 0.509. The van der Waals surface area contributed by atoms with E-state index in [1.807, 2.05) is 13.8 Å². The Morgan fingerprint density at radius 3 is 2.28 bits per heavy atom. The van der Waals surface area contributed by atoms with Gasteiger partial charge in [0.1, 0.15) is 0 Å². The maximum Gasteiger partial charge on any atom is 0.309 e. The van der Waals surface area contributed by atoms with E-state index in [1.54, 1.807) is 0 Å². The maximum atomic E-state index is 11.0. The van der Waals surface area contributed by atoms with Gasteiger partial charge in [-0.15, -0.1) is 0 Å². The summed E-state index contributed by atoms with van der Waals surface area (Å²) in [6, 6.07) is 5.64. The standard InChI is InChI=1S/C12H14N2O4/c1-8(2)13-12(18-9(3)15)10-4-6-11(7-5-10)14(16)17/h4-8H,1-3H3. The number of non-ortho nitro benzene ring substituents is 1. The van der Waals surface area contributed by atoms with Crippen molar-refractivity contribution in [2.45, 2.75) is 26.8 Å². The molecule has 1 aromatic rings. The summed E-state index contributed by atoms with van der Waals surface area (Å²) in [4.78, 5) is 25.2. The zero-order chi connectivity index (χ0) is 13.7. The van der Waals surface area contributed by atoms with Gasteiger partial charge in [0, 0.05) is 30.7 Å². The third-order valence-corrected chi connectivity index (χ3v) is 1.94. The normalized spacial score (nSPS) is 11.4. The molecule has 0 saturated carbocycles. The molecule has 0 saturated heterocycles. The fraction of sp³-hybridized carbons (Fsp3) is 0.333. The van der Waals surface area contributed by atoms with Crippen LogP contribution in [0.1, 0.15) is 26.3 Å². The molecule has 6 nitrogen and oxygen atoms in total. The number of carbonyl (C=O) groups excluding carboxylic acids is 1. The molecule has 0 atom stereocenters. The van der Waals surface area contributed by atoms with Gasteiger partial charge in [0.05, 0.1) is 4.92 Å². The van der Waals surface area contributed by atoms with Crippen molar-refractivity contribution in [3.05, 3.63) is 39.9 Å². The van der Waals surface area contributed by atoms with Gasteiger partial charge in [-0.25, -0.2) is 4.99 Å². The van der Waals surface area contributed by atoms with Crippen LogP contribution in [0.4, 0.5) is 5.69 Å². The molecule has 0 unspecified atom stereocenters. The van der Waals surface area contributed by atoms with Crippen LogP contribution in [-0.4, -0.2) is 22.8 Å². The summed E-state index contributed by atoms with van der Waals surface area (Å²) < 4.78 is 4.99. The maximum absolute atomic E-state index is 11.0. The van der Waals surface area contributed by atoms with Crippen molar-refractivity contribution in [1.82, 2.24) is 0 Å². The van der Waals surface area contributed by atoms with Gasteiger partial charge in [0.15, 0.2) is 0 Å². The lowest BCUT2D eigenvalue weighted by Crippen LogP contribution is -2.13. The van der Waals surface area contributed by atoms with E-state index in [0.29, 0.717) is 5.56 Å². The van der Waals surface area contributed by atoms with Gasteiger partial charge < -0.3 is 4.74 Å². The lowest BCUT2D eigenvalue weighted by molar-refractivity contribution is -0.384. The highest BCUT2D eigenvalue weighted by molar-refractivity contribution is 6.00. The number of esters is 1. The fourth-order valence-corrected chi connectivity index (χ4v) is 1.26. The number of nitro benzene ring substituents is 1. The minimum atomic E-state index is -0.491. The number of hydrogen-bond donors (Lipinski definition) is 0. The Labute approximate surface area is 104 Å². The number of nitro groups is 1. The van der Waals surface area contributed by atoms with E-state index >= 15 is 0 Å². The van der Waals surface area contributed by atoms with Gasteiger partial charge >= 0.3 is 5.97 Å². The molecule has 0 aliphatic heterocycles. The second-order valence-corrected chi connectivity index (χ2v) is 3.93. The van der Waals surface area contributed by atoms with E-state index in [4.69, 9.17) is 4.74 Å². The fourth-order valence-electron chi connectivity index (χ4n) is 1.26. The second-order valence-electron chi connectivity index (χ2n) is 3.93. The van der Waals surface area contributed by atoms with Crippen LogP contribution in [0.15, 0.2) is 29.3 Å². The molecule has 0 amide bonds. The van der Waals surface area contributed by atoms with Crippen molar-refractivity contribution in [3.63, 3.8) is 0 Å². The number of rotatable bonds is 3. The van der Waals surface area contributed by atoms with E-state index in [0.717, 1.165) is 0 Å². The van der Waals surface area contributed by atoms with Crippen LogP contribution in [0.25, 0.3) is 0 Å². The molecule has 1 rings (SSSR count). The van der Waals surface area contributed by atoms with Crippen molar-refractivity contribution in [2.75, 3.05) is 0 Å². The zero-order valence-corrected chi connectivity index (χ0v) is 10.4. The van der Waals surface area contributed by atoms with Crippen LogP contribution in [-0.2, 0) is 9.53 Å². The van der Waals surface area contributed by atoms with Crippen LogP contribution in [0, 0.1) is 10.1 Å². The quantitative estimate of drug-likeness (QED) is 0.271. The Kier molecular flexibility index (Phi) is 4.53. The predicted molar refractivity (Wildman–Crippen MR) is 66.5 cm³/mol. The molecule has 0 N–H and O–H groups in total. The van der Waals surface area contributed by atoms with Crippen molar-refractivity contribution in [2.24, 2.45) is 4.99 Å². The molecule has 96 valence electrons. The van der Waals surface area contributed by atoms with E-state index in [9.17, 15) is 14.9 Å². The van der Waals surface area contributed by atoms with E-state index in [2.05, 4.69) is 4.99 Å². The highest BCUT2D eigenvalue weighted by Gasteiger charge is 2.11. The molecular weight excluding hydrogens is 236 g/mol. The average Bonchev–Trinajstić information content (AvgIpc) is 2.27. The molecule has 1 aromatic carbocycles. The molecule has 18 heavy (non-hydrogen) atoms. The van der Waals surface area contributed by atoms with E-state index in [-0.39, 0.29) is 17.6 Å². The van der Waals surface area contributed by atoms with Gasteiger partial charge in [0.2, 0.25) is 5.90 Å². The minimum Gasteiger partial charge on any atom is -0.407 e. The molecule has 0 spiro atoms. The second kappa shape index (κ2) is 5.90. The largest absolute Gasteiger partial charge is 0.407 e.